The van der Waals surface area contributed by atoms with E-state index in [1.165, 1.54) is 0 Å². The van der Waals surface area contributed by atoms with Crippen molar-refractivity contribution in [2.45, 2.75) is 6.54 Å². The normalized spacial score (nSPS) is 10.7. The molecule has 1 aromatic heterocycles. The molecule has 3 nitrogen and oxygen atoms in total. The van der Waals surface area contributed by atoms with Crippen molar-refractivity contribution in [1.29, 1.82) is 0 Å². The third-order valence-electron chi connectivity index (χ3n) is 3.18. The first-order valence-electron chi connectivity index (χ1n) is 6.33. The highest BCUT2D eigenvalue weighted by Crippen LogP contribution is 2.17. The standard InChI is InChI=1S/C16H13ClN2O/c17-12-4-1-3-11(9-12)10-19-16(20)14-5-2-6-15-13(14)7-8-18-15/h1-9,18H,10H2,(H,19,20). The summed E-state index contributed by atoms with van der Waals surface area (Å²) in [7, 11) is 0. The van der Waals surface area contributed by atoms with Crippen molar-refractivity contribution >= 4 is 28.4 Å². The highest BCUT2D eigenvalue weighted by atomic mass is 35.5. The molecule has 0 aliphatic heterocycles. The van der Waals surface area contributed by atoms with Crippen LogP contribution in [0, 0.1) is 0 Å². The molecule has 0 saturated heterocycles. The molecule has 2 N–H and O–H groups in total. The number of aromatic nitrogens is 1. The summed E-state index contributed by atoms with van der Waals surface area (Å²) >= 11 is 5.92. The van der Waals surface area contributed by atoms with E-state index in [2.05, 4.69) is 10.3 Å². The quantitative estimate of drug-likeness (QED) is 0.756. The maximum atomic E-state index is 12.3. The lowest BCUT2D eigenvalue weighted by molar-refractivity contribution is 0.0952. The molecule has 1 heterocycles. The van der Waals surface area contributed by atoms with Gasteiger partial charge in [0.1, 0.15) is 0 Å². The van der Waals surface area contributed by atoms with E-state index in [4.69, 9.17) is 11.6 Å². The van der Waals surface area contributed by atoms with Gasteiger partial charge in [0, 0.05) is 34.2 Å². The van der Waals surface area contributed by atoms with Crippen molar-refractivity contribution in [2.24, 2.45) is 0 Å². The second-order valence-corrected chi connectivity index (χ2v) is 4.99. The fourth-order valence-corrected chi connectivity index (χ4v) is 2.42. The van der Waals surface area contributed by atoms with Crippen LogP contribution in [-0.2, 0) is 6.54 Å². The van der Waals surface area contributed by atoms with Crippen molar-refractivity contribution in [3.63, 3.8) is 0 Å². The van der Waals surface area contributed by atoms with Crippen LogP contribution >= 0.6 is 11.6 Å². The number of nitrogens with one attached hydrogen (secondary N) is 2. The van der Waals surface area contributed by atoms with Crippen molar-refractivity contribution < 1.29 is 4.79 Å². The van der Waals surface area contributed by atoms with Crippen LogP contribution in [0.1, 0.15) is 15.9 Å². The Bertz CT molecular complexity index is 764. The van der Waals surface area contributed by atoms with Crippen LogP contribution in [0.2, 0.25) is 5.02 Å². The zero-order valence-corrected chi connectivity index (χ0v) is 11.4. The SMILES string of the molecule is O=C(NCc1cccc(Cl)c1)c1cccc2[nH]ccc12. The lowest BCUT2D eigenvalue weighted by Gasteiger charge is -2.07. The Morgan fingerprint density at radius 1 is 1.15 bits per heavy atom. The molecule has 3 aromatic rings. The summed E-state index contributed by atoms with van der Waals surface area (Å²) in [4.78, 5) is 15.4. The highest BCUT2D eigenvalue weighted by Gasteiger charge is 2.09. The van der Waals surface area contributed by atoms with Crippen LogP contribution in [0.5, 0.6) is 0 Å². The summed E-state index contributed by atoms with van der Waals surface area (Å²) in [6.45, 7) is 0.459. The first kappa shape index (κ1) is 12.8. The summed E-state index contributed by atoms with van der Waals surface area (Å²) in [6.07, 6.45) is 1.83. The molecule has 2 aromatic carbocycles. The molecule has 0 bridgehead atoms. The summed E-state index contributed by atoms with van der Waals surface area (Å²) in [5, 5.41) is 4.51. The van der Waals surface area contributed by atoms with Gasteiger partial charge in [0.25, 0.3) is 5.91 Å². The van der Waals surface area contributed by atoms with Crippen LogP contribution in [-0.4, -0.2) is 10.9 Å². The van der Waals surface area contributed by atoms with Gasteiger partial charge >= 0.3 is 0 Å². The molecule has 4 heteroatoms. The van der Waals surface area contributed by atoms with E-state index < -0.39 is 0 Å². The molecule has 0 aliphatic carbocycles. The van der Waals surface area contributed by atoms with E-state index >= 15 is 0 Å². The average molecular weight is 285 g/mol. The molecule has 100 valence electrons. The van der Waals surface area contributed by atoms with E-state index in [0.29, 0.717) is 17.1 Å². The monoisotopic (exact) mass is 284 g/mol. The van der Waals surface area contributed by atoms with Crippen molar-refractivity contribution in [1.82, 2.24) is 10.3 Å². The fourth-order valence-electron chi connectivity index (χ4n) is 2.21. The lowest BCUT2D eigenvalue weighted by atomic mass is 10.1. The summed E-state index contributed by atoms with van der Waals surface area (Å²) in [5.41, 5.74) is 2.61. The minimum atomic E-state index is -0.0878. The lowest BCUT2D eigenvalue weighted by Crippen LogP contribution is -2.22. The number of rotatable bonds is 3. The minimum absolute atomic E-state index is 0.0878. The molecule has 0 radical (unpaired) electrons. The largest absolute Gasteiger partial charge is 0.361 e. The van der Waals surface area contributed by atoms with E-state index in [0.717, 1.165) is 16.5 Å². The molecule has 1 amide bonds. The van der Waals surface area contributed by atoms with Crippen LogP contribution < -0.4 is 5.32 Å². The van der Waals surface area contributed by atoms with Crippen molar-refractivity contribution in [3.05, 3.63) is 70.9 Å². The van der Waals surface area contributed by atoms with E-state index in [9.17, 15) is 4.79 Å². The number of hydrogen-bond donors (Lipinski definition) is 2. The number of carbonyl (C=O) groups excluding carboxylic acids is 1. The minimum Gasteiger partial charge on any atom is -0.361 e. The number of hydrogen-bond acceptors (Lipinski definition) is 1. The van der Waals surface area contributed by atoms with Gasteiger partial charge in [0.15, 0.2) is 0 Å². The topological polar surface area (TPSA) is 44.9 Å². The van der Waals surface area contributed by atoms with Gasteiger partial charge in [-0.2, -0.15) is 0 Å². The zero-order chi connectivity index (χ0) is 13.9. The molecule has 0 saturated carbocycles. The Kier molecular flexibility index (Phi) is 3.44. The smallest absolute Gasteiger partial charge is 0.252 e. The van der Waals surface area contributed by atoms with Gasteiger partial charge in [-0.25, -0.2) is 0 Å². The number of amides is 1. The van der Waals surface area contributed by atoms with Gasteiger partial charge in [-0.05, 0) is 35.9 Å². The van der Waals surface area contributed by atoms with Crippen LogP contribution in [0.15, 0.2) is 54.7 Å². The van der Waals surface area contributed by atoms with E-state index in [1.807, 2.05) is 54.7 Å². The van der Waals surface area contributed by atoms with Gasteiger partial charge in [-0.3, -0.25) is 4.79 Å². The Morgan fingerprint density at radius 2 is 2.00 bits per heavy atom. The number of H-pyrrole nitrogens is 1. The third kappa shape index (κ3) is 2.53. The summed E-state index contributed by atoms with van der Waals surface area (Å²) in [6, 6.07) is 15.0. The Labute approximate surface area is 121 Å². The second-order valence-electron chi connectivity index (χ2n) is 4.56. The number of halogens is 1. The van der Waals surface area contributed by atoms with Crippen LogP contribution in [0.4, 0.5) is 0 Å². The molecule has 0 unspecified atom stereocenters. The maximum absolute atomic E-state index is 12.3. The molecule has 0 aliphatic rings. The zero-order valence-electron chi connectivity index (χ0n) is 10.7. The third-order valence-corrected chi connectivity index (χ3v) is 3.42. The molecular weight excluding hydrogens is 272 g/mol. The number of aromatic amines is 1. The fraction of sp³-hybridized carbons (Fsp3) is 0.0625. The molecule has 0 atom stereocenters. The molecular formula is C16H13ClN2O. The average Bonchev–Trinajstić information content (AvgIpc) is 2.93. The van der Waals surface area contributed by atoms with E-state index in [1.54, 1.807) is 0 Å². The Hall–Kier alpha value is -2.26. The van der Waals surface area contributed by atoms with Gasteiger partial charge in [-0.1, -0.05) is 29.8 Å². The number of benzene rings is 2. The molecule has 3 rings (SSSR count). The van der Waals surface area contributed by atoms with Crippen LogP contribution in [0.25, 0.3) is 10.9 Å². The van der Waals surface area contributed by atoms with Crippen molar-refractivity contribution in [3.8, 4) is 0 Å². The van der Waals surface area contributed by atoms with Gasteiger partial charge < -0.3 is 10.3 Å². The van der Waals surface area contributed by atoms with Gasteiger partial charge in [0.2, 0.25) is 0 Å². The predicted octanol–water partition coefficient (Wildman–Crippen LogP) is 3.75. The number of carbonyl (C=O) groups is 1. The Morgan fingerprint density at radius 3 is 2.85 bits per heavy atom. The first-order chi connectivity index (χ1) is 9.74. The Balaban J connectivity index is 1.78. The summed E-state index contributed by atoms with van der Waals surface area (Å²) in [5.74, 6) is -0.0878. The second kappa shape index (κ2) is 5.39. The molecule has 0 fully saturated rings. The maximum Gasteiger partial charge on any atom is 0.252 e. The van der Waals surface area contributed by atoms with Crippen LogP contribution in [0.3, 0.4) is 0 Å². The first-order valence-corrected chi connectivity index (χ1v) is 6.70. The summed E-state index contributed by atoms with van der Waals surface area (Å²) < 4.78 is 0. The van der Waals surface area contributed by atoms with Crippen molar-refractivity contribution in [2.75, 3.05) is 0 Å². The molecule has 20 heavy (non-hydrogen) atoms. The van der Waals surface area contributed by atoms with Gasteiger partial charge in [0.05, 0.1) is 0 Å². The predicted molar refractivity (Wildman–Crippen MR) is 80.9 cm³/mol. The van der Waals surface area contributed by atoms with Gasteiger partial charge in [-0.15, -0.1) is 0 Å². The number of fused-ring (bicyclic) bond motifs is 1. The molecule has 0 spiro atoms. The highest BCUT2D eigenvalue weighted by molar-refractivity contribution is 6.30. The van der Waals surface area contributed by atoms with E-state index in [-0.39, 0.29) is 5.91 Å².